The average Bonchev–Trinajstić information content (AvgIpc) is 2.95. The van der Waals surface area contributed by atoms with Gasteiger partial charge in [0.25, 0.3) is 0 Å². The van der Waals surface area contributed by atoms with Crippen molar-refractivity contribution in [2.45, 2.75) is 79.2 Å². The highest BCUT2D eigenvalue weighted by Gasteiger charge is 2.14. The van der Waals surface area contributed by atoms with Crippen LogP contribution >= 0.6 is 0 Å². The van der Waals surface area contributed by atoms with Crippen LogP contribution in [0.2, 0.25) is 0 Å². The van der Waals surface area contributed by atoms with Gasteiger partial charge in [-0.05, 0) is 45.1 Å². The summed E-state index contributed by atoms with van der Waals surface area (Å²) in [5.74, 6) is 1.78. The highest BCUT2D eigenvalue weighted by Crippen LogP contribution is 2.23. The summed E-state index contributed by atoms with van der Waals surface area (Å²) in [4.78, 5) is 9.22. The first-order chi connectivity index (χ1) is 12.4. The van der Waals surface area contributed by atoms with E-state index in [4.69, 9.17) is 4.98 Å². The molecule has 2 aromatic heterocycles. The number of sulfone groups is 1. The highest BCUT2D eigenvalue weighted by molar-refractivity contribution is 7.91. The molecule has 2 heterocycles. The maximum absolute atomic E-state index is 12.0. The molecule has 0 atom stereocenters. The lowest BCUT2D eigenvalue weighted by Crippen LogP contribution is -2.11. The first kappa shape index (κ1) is 20.9. The maximum atomic E-state index is 12.0. The molecule has 0 aliphatic rings. The molecule has 0 aliphatic heterocycles. The Morgan fingerprint density at radius 1 is 1.00 bits per heavy atom. The fraction of sp³-hybridized carbons (Fsp3) is 0.700. The van der Waals surface area contributed by atoms with Crippen molar-refractivity contribution in [2.24, 2.45) is 0 Å². The number of aromatic nitrogens is 3. The Morgan fingerprint density at radius 2 is 1.73 bits per heavy atom. The summed E-state index contributed by atoms with van der Waals surface area (Å²) in [6.07, 6.45) is 8.25. The van der Waals surface area contributed by atoms with E-state index in [1.807, 2.05) is 20.0 Å². The second-order valence-corrected chi connectivity index (χ2v) is 9.50. The van der Waals surface area contributed by atoms with Crippen LogP contribution in [0.25, 0.3) is 11.0 Å². The van der Waals surface area contributed by atoms with Crippen molar-refractivity contribution in [1.82, 2.24) is 14.5 Å². The zero-order valence-electron chi connectivity index (χ0n) is 16.7. The van der Waals surface area contributed by atoms with Crippen LogP contribution in [0.15, 0.2) is 6.20 Å². The normalized spacial score (nSPS) is 12.2. The van der Waals surface area contributed by atoms with E-state index in [1.165, 1.54) is 11.1 Å². The van der Waals surface area contributed by atoms with E-state index < -0.39 is 9.84 Å². The summed E-state index contributed by atoms with van der Waals surface area (Å²) in [7, 11) is -2.87. The van der Waals surface area contributed by atoms with Crippen LogP contribution in [0, 0.1) is 13.8 Å². The summed E-state index contributed by atoms with van der Waals surface area (Å²) < 4.78 is 26.2. The topological polar surface area (TPSA) is 64.8 Å². The van der Waals surface area contributed by atoms with Gasteiger partial charge in [-0.15, -0.1) is 0 Å². The number of pyridine rings is 1. The van der Waals surface area contributed by atoms with Crippen molar-refractivity contribution in [3.8, 4) is 0 Å². The zero-order chi connectivity index (χ0) is 19.2. The second kappa shape index (κ2) is 9.49. The molecular weight excluding hydrogens is 346 g/mol. The number of rotatable bonds is 11. The van der Waals surface area contributed by atoms with E-state index in [1.54, 1.807) is 0 Å². The predicted octanol–water partition coefficient (Wildman–Crippen LogP) is 4.39. The second-order valence-electron chi connectivity index (χ2n) is 7.20. The molecular formula is C20H33N3O2S. The standard InChI is InChI=1S/C20H33N3O2S/c1-5-7-13-26(24,25)14-10-8-9-12-23-19(11-6-2)22-18-15-21-17(4)16(3)20(18)23/h15H,5-14H2,1-4H3. The molecule has 0 bridgehead atoms. The molecule has 2 aromatic rings. The fourth-order valence-corrected chi connectivity index (χ4v) is 4.90. The summed E-state index contributed by atoms with van der Waals surface area (Å²) >= 11 is 0. The molecule has 0 fully saturated rings. The molecule has 5 nitrogen and oxygen atoms in total. The van der Waals surface area contributed by atoms with Gasteiger partial charge in [0.05, 0.1) is 23.2 Å². The van der Waals surface area contributed by atoms with Gasteiger partial charge < -0.3 is 4.57 Å². The van der Waals surface area contributed by atoms with E-state index in [9.17, 15) is 8.42 Å². The number of unbranched alkanes of at least 4 members (excludes halogenated alkanes) is 3. The van der Waals surface area contributed by atoms with Crippen molar-refractivity contribution in [3.05, 3.63) is 23.3 Å². The number of aryl methyl sites for hydroxylation is 4. The maximum Gasteiger partial charge on any atom is 0.150 e. The molecule has 0 N–H and O–H groups in total. The monoisotopic (exact) mass is 379 g/mol. The number of imidazole rings is 1. The van der Waals surface area contributed by atoms with Crippen LogP contribution < -0.4 is 0 Å². The molecule has 0 radical (unpaired) electrons. The van der Waals surface area contributed by atoms with Crippen LogP contribution in [0.4, 0.5) is 0 Å². The third-order valence-electron chi connectivity index (χ3n) is 4.97. The number of fused-ring (bicyclic) bond motifs is 1. The third-order valence-corrected chi connectivity index (χ3v) is 6.79. The fourth-order valence-electron chi connectivity index (χ4n) is 3.32. The molecule has 0 unspecified atom stereocenters. The first-order valence-electron chi connectivity index (χ1n) is 9.91. The first-order valence-corrected chi connectivity index (χ1v) is 11.7. The largest absolute Gasteiger partial charge is 0.328 e. The molecule has 6 heteroatoms. The smallest absolute Gasteiger partial charge is 0.150 e. The van der Waals surface area contributed by atoms with Crippen LogP contribution in [0.5, 0.6) is 0 Å². The summed E-state index contributed by atoms with van der Waals surface area (Å²) in [6.45, 7) is 9.23. The van der Waals surface area contributed by atoms with Gasteiger partial charge in [-0.25, -0.2) is 13.4 Å². The SMILES string of the molecule is CCCCS(=O)(=O)CCCCCn1c(CCC)nc2cnc(C)c(C)c21. The Kier molecular flexibility index (Phi) is 7.62. The molecule has 0 saturated heterocycles. The minimum Gasteiger partial charge on any atom is -0.328 e. The quantitative estimate of drug-likeness (QED) is 0.543. The minimum absolute atomic E-state index is 0.321. The van der Waals surface area contributed by atoms with Gasteiger partial charge in [-0.3, -0.25) is 4.98 Å². The molecule has 0 saturated carbocycles. The van der Waals surface area contributed by atoms with Crippen LogP contribution in [0.1, 0.15) is 69.5 Å². The molecule has 2 rings (SSSR count). The van der Waals surface area contributed by atoms with Crippen molar-refractivity contribution < 1.29 is 8.42 Å². The van der Waals surface area contributed by atoms with E-state index in [0.717, 1.165) is 68.5 Å². The molecule has 0 amide bonds. The van der Waals surface area contributed by atoms with E-state index in [0.29, 0.717) is 11.5 Å². The Bertz CT molecular complexity index is 825. The zero-order valence-corrected chi connectivity index (χ0v) is 17.5. The molecule has 146 valence electrons. The average molecular weight is 380 g/mol. The van der Waals surface area contributed by atoms with Crippen molar-refractivity contribution >= 4 is 20.9 Å². The van der Waals surface area contributed by atoms with Crippen LogP contribution in [-0.4, -0.2) is 34.5 Å². The lowest BCUT2D eigenvalue weighted by Gasteiger charge is -2.11. The number of hydrogen-bond donors (Lipinski definition) is 0. The summed E-state index contributed by atoms with van der Waals surface area (Å²) in [6, 6.07) is 0. The third kappa shape index (κ3) is 5.29. The van der Waals surface area contributed by atoms with Gasteiger partial charge in [-0.2, -0.15) is 0 Å². The molecule has 26 heavy (non-hydrogen) atoms. The molecule has 0 aliphatic carbocycles. The Hall–Kier alpha value is -1.43. The Morgan fingerprint density at radius 3 is 2.42 bits per heavy atom. The van der Waals surface area contributed by atoms with E-state index >= 15 is 0 Å². The van der Waals surface area contributed by atoms with Gasteiger partial charge >= 0.3 is 0 Å². The minimum atomic E-state index is -2.87. The van der Waals surface area contributed by atoms with Crippen molar-refractivity contribution in [2.75, 3.05) is 11.5 Å². The van der Waals surface area contributed by atoms with Crippen LogP contribution in [-0.2, 0) is 22.8 Å². The summed E-state index contributed by atoms with van der Waals surface area (Å²) in [5.41, 5.74) is 4.40. The van der Waals surface area contributed by atoms with Crippen molar-refractivity contribution in [3.63, 3.8) is 0 Å². The number of nitrogens with zero attached hydrogens (tertiary/aromatic N) is 3. The Labute approximate surface area is 158 Å². The molecule has 0 spiro atoms. The number of hydrogen-bond acceptors (Lipinski definition) is 4. The van der Waals surface area contributed by atoms with Gasteiger partial charge in [-0.1, -0.05) is 26.7 Å². The highest BCUT2D eigenvalue weighted by atomic mass is 32.2. The van der Waals surface area contributed by atoms with Gasteiger partial charge in [0.2, 0.25) is 0 Å². The Balaban J connectivity index is 2.01. The lowest BCUT2D eigenvalue weighted by molar-refractivity contribution is 0.570. The van der Waals surface area contributed by atoms with Gasteiger partial charge in [0, 0.05) is 18.7 Å². The lowest BCUT2D eigenvalue weighted by atomic mass is 10.2. The van der Waals surface area contributed by atoms with E-state index in [-0.39, 0.29) is 0 Å². The van der Waals surface area contributed by atoms with Gasteiger partial charge in [0.15, 0.2) is 0 Å². The molecule has 0 aromatic carbocycles. The summed E-state index contributed by atoms with van der Waals surface area (Å²) in [5, 5.41) is 0. The van der Waals surface area contributed by atoms with Crippen LogP contribution in [0.3, 0.4) is 0 Å². The van der Waals surface area contributed by atoms with Crippen molar-refractivity contribution in [1.29, 1.82) is 0 Å². The predicted molar refractivity (Wildman–Crippen MR) is 108 cm³/mol. The van der Waals surface area contributed by atoms with E-state index in [2.05, 4.69) is 23.4 Å². The van der Waals surface area contributed by atoms with Gasteiger partial charge in [0.1, 0.15) is 21.2 Å².